The molecule has 2 aromatic rings. The lowest BCUT2D eigenvalue weighted by atomic mass is 10.1. The number of hydrogen-bond donors (Lipinski definition) is 1. The number of aliphatic hydroxyl groups excluding tert-OH is 1. The number of methoxy groups -OCH3 is 2. The molecular formula is C18H25N3O3. The van der Waals surface area contributed by atoms with Crippen molar-refractivity contribution in [2.75, 3.05) is 20.8 Å². The Balaban J connectivity index is 1.81. The molecule has 0 radical (unpaired) electrons. The van der Waals surface area contributed by atoms with Crippen LogP contribution in [0.3, 0.4) is 0 Å². The summed E-state index contributed by atoms with van der Waals surface area (Å²) in [4.78, 5) is 2.38. The van der Waals surface area contributed by atoms with Crippen molar-refractivity contribution in [1.29, 1.82) is 0 Å². The molecule has 1 N–H and O–H groups in total. The number of aryl methyl sites for hydroxylation is 1. The number of rotatable bonds is 5. The molecule has 2 heterocycles. The van der Waals surface area contributed by atoms with Crippen molar-refractivity contribution in [2.45, 2.75) is 39.1 Å². The van der Waals surface area contributed by atoms with E-state index >= 15 is 0 Å². The first-order valence-electron chi connectivity index (χ1n) is 8.29. The average molecular weight is 331 g/mol. The lowest BCUT2D eigenvalue weighted by Crippen LogP contribution is -2.23. The second kappa shape index (κ2) is 7.23. The van der Waals surface area contributed by atoms with E-state index in [9.17, 15) is 5.11 Å². The van der Waals surface area contributed by atoms with Crippen LogP contribution in [0.5, 0.6) is 11.5 Å². The van der Waals surface area contributed by atoms with E-state index in [0.29, 0.717) is 0 Å². The van der Waals surface area contributed by atoms with E-state index in [1.807, 2.05) is 22.9 Å². The molecule has 6 nitrogen and oxygen atoms in total. The van der Waals surface area contributed by atoms with E-state index in [1.165, 1.54) is 0 Å². The average Bonchev–Trinajstić information content (AvgIpc) is 2.88. The second-order valence-corrected chi connectivity index (χ2v) is 6.18. The molecule has 0 bridgehead atoms. The van der Waals surface area contributed by atoms with E-state index in [2.05, 4.69) is 16.1 Å². The zero-order valence-corrected chi connectivity index (χ0v) is 14.5. The summed E-state index contributed by atoms with van der Waals surface area (Å²) in [5.74, 6) is 1.55. The summed E-state index contributed by atoms with van der Waals surface area (Å²) in [6.45, 7) is 5.22. The molecule has 1 atom stereocenters. The second-order valence-electron chi connectivity index (χ2n) is 6.18. The molecule has 6 heteroatoms. The summed E-state index contributed by atoms with van der Waals surface area (Å²) in [5, 5.41) is 14.3. The number of ether oxygens (including phenoxy) is 2. The normalized spacial score (nSPS) is 16.3. The van der Waals surface area contributed by atoms with Crippen LogP contribution < -0.4 is 9.47 Å². The van der Waals surface area contributed by atoms with Gasteiger partial charge in [-0.15, -0.1) is 0 Å². The lowest BCUT2D eigenvalue weighted by molar-refractivity contribution is 0.193. The van der Waals surface area contributed by atoms with Crippen LogP contribution >= 0.6 is 0 Å². The fourth-order valence-electron chi connectivity index (χ4n) is 3.21. The molecule has 0 unspecified atom stereocenters. The Morgan fingerprint density at radius 1 is 1.25 bits per heavy atom. The molecule has 0 saturated carbocycles. The fourth-order valence-corrected chi connectivity index (χ4v) is 3.21. The van der Waals surface area contributed by atoms with Crippen LogP contribution in [0.1, 0.15) is 36.4 Å². The van der Waals surface area contributed by atoms with Gasteiger partial charge < -0.3 is 14.6 Å². The number of nitrogens with zero attached hydrogens (tertiary/aromatic N) is 3. The molecule has 0 aliphatic carbocycles. The molecule has 1 aromatic carbocycles. The summed E-state index contributed by atoms with van der Waals surface area (Å²) in [6, 6.07) is 7.98. The highest BCUT2D eigenvalue weighted by Gasteiger charge is 2.20. The molecule has 1 aromatic heterocycles. The molecule has 1 aliphatic rings. The van der Waals surface area contributed by atoms with Gasteiger partial charge in [-0.25, -0.2) is 0 Å². The summed E-state index contributed by atoms with van der Waals surface area (Å²) < 4.78 is 13.0. The van der Waals surface area contributed by atoms with Crippen molar-refractivity contribution >= 4 is 0 Å². The molecule has 0 spiro atoms. The van der Waals surface area contributed by atoms with Gasteiger partial charge in [-0.1, -0.05) is 12.1 Å². The number of fused-ring (bicyclic) bond motifs is 1. The van der Waals surface area contributed by atoms with Crippen molar-refractivity contribution in [3.63, 3.8) is 0 Å². The van der Waals surface area contributed by atoms with Crippen molar-refractivity contribution in [1.82, 2.24) is 14.7 Å². The van der Waals surface area contributed by atoms with E-state index < -0.39 is 6.10 Å². The highest BCUT2D eigenvalue weighted by molar-refractivity contribution is 5.46. The SMILES string of the molecule is COc1cccc(CN2CCCn3nc([C@H](C)O)cc3C2)c1OC. The predicted molar refractivity (Wildman–Crippen MR) is 91.1 cm³/mol. The summed E-state index contributed by atoms with van der Waals surface area (Å²) >= 11 is 0. The Morgan fingerprint density at radius 3 is 2.79 bits per heavy atom. The third-order valence-corrected chi connectivity index (χ3v) is 4.42. The van der Waals surface area contributed by atoms with Crippen LogP contribution in [-0.2, 0) is 19.6 Å². The number of aliphatic hydroxyl groups is 1. The quantitative estimate of drug-likeness (QED) is 0.911. The first-order chi connectivity index (χ1) is 11.6. The number of benzene rings is 1. The van der Waals surface area contributed by atoms with E-state index in [-0.39, 0.29) is 0 Å². The van der Waals surface area contributed by atoms with Crippen LogP contribution in [0.4, 0.5) is 0 Å². The Kier molecular flexibility index (Phi) is 5.06. The minimum atomic E-state index is -0.531. The van der Waals surface area contributed by atoms with Gasteiger partial charge in [0.15, 0.2) is 11.5 Å². The molecule has 1 aliphatic heterocycles. The van der Waals surface area contributed by atoms with Gasteiger partial charge in [0.05, 0.1) is 31.7 Å². The van der Waals surface area contributed by atoms with Gasteiger partial charge in [-0.3, -0.25) is 9.58 Å². The third kappa shape index (κ3) is 3.39. The van der Waals surface area contributed by atoms with E-state index in [1.54, 1.807) is 21.1 Å². The predicted octanol–water partition coefficient (Wildman–Crippen LogP) is 2.36. The fraction of sp³-hybridized carbons (Fsp3) is 0.500. The van der Waals surface area contributed by atoms with E-state index in [0.717, 1.165) is 61.1 Å². The Labute approximate surface area is 142 Å². The Hall–Kier alpha value is -2.05. The lowest BCUT2D eigenvalue weighted by Gasteiger charge is -2.21. The zero-order valence-electron chi connectivity index (χ0n) is 14.5. The number of hydrogen-bond acceptors (Lipinski definition) is 5. The van der Waals surface area contributed by atoms with Crippen LogP contribution in [0, 0.1) is 0 Å². The third-order valence-electron chi connectivity index (χ3n) is 4.42. The maximum absolute atomic E-state index is 9.75. The number of para-hydroxylation sites is 1. The summed E-state index contributed by atoms with van der Waals surface area (Å²) in [7, 11) is 3.33. The molecule has 24 heavy (non-hydrogen) atoms. The largest absolute Gasteiger partial charge is 0.493 e. The number of aromatic nitrogens is 2. The first-order valence-corrected chi connectivity index (χ1v) is 8.29. The zero-order chi connectivity index (χ0) is 17.1. The van der Waals surface area contributed by atoms with Gasteiger partial charge in [0.2, 0.25) is 0 Å². The van der Waals surface area contributed by atoms with Crippen molar-refractivity contribution in [3.05, 3.63) is 41.2 Å². The molecule has 0 saturated heterocycles. The van der Waals surface area contributed by atoms with Gasteiger partial charge in [0.25, 0.3) is 0 Å². The minimum Gasteiger partial charge on any atom is -0.493 e. The molecular weight excluding hydrogens is 306 g/mol. The van der Waals surface area contributed by atoms with Crippen molar-refractivity contribution < 1.29 is 14.6 Å². The smallest absolute Gasteiger partial charge is 0.165 e. The molecule has 0 fully saturated rings. The molecule has 0 amide bonds. The maximum atomic E-state index is 9.75. The topological polar surface area (TPSA) is 59.8 Å². The highest BCUT2D eigenvalue weighted by Crippen LogP contribution is 2.32. The molecule has 3 rings (SSSR count). The Morgan fingerprint density at radius 2 is 2.08 bits per heavy atom. The Bertz CT molecular complexity index is 697. The van der Waals surface area contributed by atoms with Gasteiger partial charge in [0, 0.05) is 31.7 Å². The summed E-state index contributed by atoms with van der Waals surface area (Å²) in [5.41, 5.74) is 3.00. The van der Waals surface area contributed by atoms with Gasteiger partial charge in [0.1, 0.15) is 0 Å². The monoisotopic (exact) mass is 331 g/mol. The maximum Gasteiger partial charge on any atom is 0.165 e. The van der Waals surface area contributed by atoms with Crippen LogP contribution in [-0.4, -0.2) is 40.6 Å². The molecule has 130 valence electrons. The minimum absolute atomic E-state index is 0.531. The first kappa shape index (κ1) is 16.8. The van der Waals surface area contributed by atoms with Crippen molar-refractivity contribution in [3.8, 4) is 11.5 Å². The van der Waals surface area contributed by atoms with Crippen LogP contribution in [0.25, 0.3) is 0 Å². The van der Waals surface area contributed by atoms with Gasteiger partial charge in [-0.05, 0) is 25.5 Å². The van der Waals surface area contributed by atoms with Crippen LogP contribution in [0.2, 0.25) is 0 Å². The standard InChI is InChI=1S/C18H25N3O3/c1-13(22)16-10-15-12-20(8-5-9-21(15)19-16)11-14-6-4-7-17(23-2)18(14)24-3/h4,6-7,10,13,22H,5,8-9,11-12H2,1-3H3/t13-/m0/s1. The van der Waals surface area contributed by atoms with Crippen LogP contribution in [0.15, 0.2) is 24.3 Å². The highest BCUT2D eigenvalue weighted by atomic mass is 16.5. The summed E-state index contributed by atoms with van der Waals surface area (Å²) in [6.07, 6.45) is 0.497. The van der Waals surface area contributed by atoms with Gasteiger partial charge in [-0.2, -0.15) is 5.10 Å². The van der Waals surface area contributed by atoms with E-state index in [4.69, 9.17) is 9.47 Å². The van der Waals surface area contributed by atoms with Crippen molar-refractivity contribution in [2.24, 2.45) is 0 Å². The van der Waals surface area contributed by atoms with Gasteiger partial charge >= 0.3 is 0 Å².